The minimum Gasteiger partial charge on any atom is -0.329 e. The third kappa shape index (κ3) is 3.29. The molecular weight excluding hydrogens is 191 g/mol. The lowest BCUT2D eigenvalue weighted by atomic mass is 10.1. The molecule has 0 saturated carbocycles. The molecule has 0 bridgehead atoms. The van der Waals surface area contributed by atoms with Crippen molar-refractivity contribution in [2.24, 2.45) is 5.73 Å². The van der Waals surface area contributed by atoms with E-state index in [1.165, 1.54) is 6.07 Å². The van der Waals surface area contributed by atoms with Crippen LogP contribution in [-0.4, -0.2) is 24.5 Å². The molecule has 0 amide bonds. The first-order valence-electron chi connectivity index (χ1n) is 5.20. The Morgan fingerprint density at radius 3 is 2.73 bits per heavy atom. The number of hydrogen-bond donors (Lipinski definition) is 1. The maximum absolute atomic E-state index is 13.0. The molecule has 84 valence electrons. The van der Waals surface area contributed by atoms with Crippen molar-refractivity contribution in [3.8, 4) is 0 Å². The number of hydrogen-bond acceptors (Lipinski definition) is 2. The number of rotatable bonds is 4. The van der Waals surface area contributed by atoms with Crippen LogP contribution in [0.1, 0.15) is 18.1 Å². The van der Waals surface area contributed by atoms with Gasteiger partial charge in [0.05, 0.1) is 0 Å². The van der Waals surface area contributed by atoms with E-state index in [0.717, 1.165) is 17.7 Å². The number of nitrogens with two attached hydrogens (primary N) is 1. The number of likely N-dealkylation sites (N-methyl/N-ethyl adjacent to an activating group) is 1. The van der Waals surface area contributed by atoms with Crippen LogP contribution in [0.3, 0.4) is 0 Å². The lowest BCUT2D eigenvalue weighted by Gasteiger charge is -2.24. The van der Waals surface area contributed by atoms with Gasteiger partial charge >= 0.3 is 0 Å². The predicted molar refractivity (Wildman–Crippen MR) is 61.1 cm³/mol. The second-order valence-electron chi connectivity index (χ2n) is 4.07. The first kappa shape index (κ1) is 12.1. The van der Waals surface area contributed by atoms with Crippen LogP contribution in [0, 0.1) is 12.7 Å². The first-order chi connectivity index (χ1) is 7.04. The lowest BCUT2D eigenvalue weighted by Crippen LogP contribution is -2.34. The highest BCUT2D eigenvalue weighted by Crippen LogP contribution is 2.13. The minimum absolute atomic E-state index is 0.176. The van der Waals surface area contributed by atoms with Gasteiger partial charge in [0, 0.05) is 19.1 Å². The summed E-state index contributed by atoms with van der Waals surface area (Å²) in [7, 11) is 2.00. The molecule has 0 radical (unpaired) electrons. The van der Waals surface area contributed by atoms with Crippen molar-refractivity contribution in [2.45, 2.75) is 26.4 Å². The zero-order chi connectivity index (χ0) is 11.4. The number of aryl methyl sites for hydroxylation is 1. The first-order valence-corrected chi connectivity index (χ1v) is 5.20. The van der Waals surface area contributed by atoms with Crippen molar-refractivity contribution in [1.29, 1.82) is 0 Å². The summed E-state index contributed by atoms with van der Waals surface area (Å²) in [6.45, 7) is 5.41. The molecule has 0 heterocycles. The maximum Gasteiger partial charge on any atom is 0.123 e. The highest BCUT2D eigenvalue weighted by Gasteiger charge is 2.09. The molecule has 2 nitrogen and oxygen atoms in total. The molecule has 1 aromatic carbocycles. The normalized spacial score (nSPS) is 13.2. The zero-order valence-electron chi connectivity index (χ0n) is 9.63. The molecule has 0 aliphatic rings. The average Bonchev–Trinajstić information content (AvgIpc) is 2.22. The van der Waals surface area contributed by atoms with E-state index in [-0.39, 0.29) is 5.82 Å². The van der Waals surface area contributed by atoms with Crippen LogP contribution in [0.25, 0.3) is 0 Å². The fraction of sp³-hybridized carbons (Fsp3) is 0.500. The van der Waals surface area contributed by atoms with E-state index in [2.05, 4.69) is 11.8 Å². The van der Waals surface area contributed by atoms with Gasteiger partial charge in [-0.05, 0) is 44.2 Å². The molecule has 0 spiro atoms. The van der Waals surface area contributed by atoms with E-state index < -0.39 is 0 Å². The van der Waals surface area contributed by atoms with Crippen molar-refractivity contribution in [3.63, 3.8) is 0 Å². The van der Waals surface area contributed by atoms with Gasteiger partial charge in [-0.3, -0.25) is 4.90 Å². The monoisotopic (exact) mass is 210 g/mol. The molecule has 15 heavy (non-hydrogen) atoms. The van der Waals surface area contributed by atoms with Crippen LogP contribution in [0.2, 0.25) is 0 Å². The molecule has 1 rings (SSSR count). The van der Waals surface area contributed by atoms with Crippen molar-refractivity contribution in [3.05, 3.63) is 35.1 Å². The van der Waals surface area contributed by atoms with E-state index in [9.17, 15) is 4.39 Å². The van der Waals surface area contributed by atoms with E-state index in [0.29, 0.717) is 12.6 Å². The van der Waals surface area contributed by atoms with E-state index >= 15 is 0 Å². The Kier molecular flexibility index (Phi) is 4.24. The van der Waals surface area contributed by atoms with Gasteiger partial charge in [-0.1, -0.05) is 6.07 Å². The summed E-state index contributed by atoms with van der Waals surface area (Å²) in [5, 5.41) is 0. The Morgan fingerprint density at radius 2 is 2.13 bits per heavy atom. The fourth-order valence-corrected chi connectivity index (χ4v) is 1.41. The minimum atomic E-state index is -0.176. The van der Waals surface area contributed by atoms with E-state index in [1.807, 2.05) is 20.0 Å². The largest absolute Gasteiger partial charge is 0.329 e. The van der Waals surface area contributed by atoms with Gasteiger partial charge in [-0.15, -0.1) is 0 Å². The lowest BCUT2D eigenvalue weighted by molar-refractivity contribution is 0.254. The summed E-state index contributed by atoms with van der Waals surface area (Å²) < 4.78 is 13.0. The van der Waals surface area contributed by atoms with Crippen LogP contribution in [0.15, 0.2) is 18.2 Å². The molecule has 0 saturated heterocycles. The third-order valence-electron chi connectivity index (χ3n) is 2.82. The Balaban J connectivity index is 2.75. The number of halogens is 1. The smallest absolute Gasteiger partial charge is 0.123 e. The van der Waals surface area contributed by atoms with Crippen LogP contribution in [0.5, 0.6) is 0 Å². The molecule has 0 aliphatic carbocycles. The molecule has 2 N–H and O–H groups in total. The Hall–Kier alpha value is -0.930. The van der Waals surface area contributed by atoms with Gasteiger partial charge in [0.25, 0.3) is 0 Å². The van der Waals surface area contributed by atoms with Gasteiger partial charge in [0.1, 0.15) is 5.82 Å². The Labute approximate surface area is 90.9 Å². The number of nitrogens with zero attached hydrogens (tertiary/aromatic N) is 1. The second kappa shape index (κ2) is 5.24. The van der Waals surface area contributed by atoms with Crippen molar-refractivity contribution in [2.75, 3.05) is 13.6 Å². The topological polar surface area (TPSA) is 29.3 Å². The van der Waals surface area contributed by atoms with Crippen LogP contribution < -0.4 is 5.73 Å². The zero-order valence-corrected chi connectivity index (χ0v) is 9.63. The molecule has 0 aliphatic heterocycles. The molecule has 0 fully saturated rings. The summed E-state index contributed by atoms with van der Waals surface area (Å²) >= 11 is 0. The van der Waals surface area contributed by atoms with Crippen LogP contribution >= 0.6 is 0 Å². The van der Waals surface area contributed by atoms with Gasteiger partial charge in [-0.2, -0.15) is 0 Å². The second-order valence-corrected chi connectivity index (χ2v) is 4.07. The third-order valence-corrected chi connectivity index (χ3v) is 2.82. The van der Waals surface area contributed by atoms with Gasteiger partial charge in [0.2, 0.25) is 0 Å². The predicted octanol–water partition coefficient (Wildman–Crippen LogP) is 1.91. The van der Waals surface area contributed by atoms with Crippen molar-refractivity contribution >= 4 is 0 Å². The molecule has 3 heteroatoms. The fourth-order valence-electron chi connectivity index (χ4n) is 1.41. The molecule has 0 aromatic heterocycles. The Morgan fingerprint density at radius 1 is 1.47 bits per heavy atom. The van der Waals surface area contributed by atoms with Crippen molar-refractivity contribution in [1.82, 2.24) is 4.90 Å². The van der Waals surface area contributed by atoms with Crippen LogP contribution in [-0.2, 0) is 6.54 Å². The summed E-state index contributed by atoms with van der Waals surface area (Å²) in [5.41, 5.74) is 7.72. The van der Waals surface area contributed by atoms with Crippen molar-refractivity contribution < 1.29 is 4.39 Å². The average molecular weight is 210 g/mol. The summed E-state index contributed by atoms with van der Waals surface area (Å²) in [4.78, 5) is 2.13. The van der Waals surface area contributed by atoms with Crippen LogP contribution in [0.4, 0.5) is 4.39 Å². The Bertz CT molecular complexity index is 325. The molecule has 1 atom stereocenters. The molecule has 1 unspecified atom stereocenters. The number of benzene rings is 1. The van der Waals surface area contributed by atoms with Gasteiger partial charge < -0.3 is 5.73 Å². The summed E-state index contributed by atoms with van der Waals surface area (Å²) in [6, 6.07) is 5.21. The molecular formula is C12H19FN2. The van der Waals surface area contributed by atoms with Gasteiger partial charge in [-0.25, -0.2) is 4.39 Å². The SMILES string of the molecule is Cc1ccc(F)cc1CN(C)C(C)CN. The van der Waals surface area contributed by atoms with Gasteiger partial charge in [0.15, 0.2) is 0 Å². The maximum atomic E-state index is 13.0. The highest BCUT2D eigenvalue weighted by molar-refractivity contribution is 5.26. The van der Waals surface area contributed by atoms with E-state index in [1.54, 1.807) is 6.07 Å². The highest BCUT2D eigenvalue weighted by atomic mass is 19.1. The summed E-state index contributed by atoms with van der Waals surface area (Å²) in [5.74, 6) is -0.176. The standard InChI is InChI=1S/C12H19FN2/c1-9-4-5-12(13)6-11(9)8-15(3)10(2)7-14/h4-6,10H,7-8,14H2,1-3H3. The molecule has 1 aromatic rings. The summed E-state index contributed by atoms with van der Waals surface area (Å²) in [6.07, 6.45) is 0. The quantitative estimate of drug-likeness (QED) is 0.822. The van der Waals surface area contributed by atoms with E-state index in [4.69, 9.17) is 5.73 Å².